The Morgan fingerprint density at radius 3 is 2.64 bits per heavy atom. The molecule has 1 saturated heterocycles. The van der Waals surface area contributed by atoms with Gasteiger partial charge in [0.15, 0.2) is 0 Å². The van der Waals surface area contributed by atoms with Crippen molar-refractivity contribution in [1.82, 2.24) is 19.8 Å². The van der Waals surface area contributed by atoms with Gasteiger partial charge in [-0.3, -0.25) is 4.90 Å². The van der Waals surface area contributed by atoms with Crippen molar-refractivity contribution in [1.29, 1.82) is 0 Å². The van der Waals surface area contributed by atoms with Crippen LogP contribution in [0.2, 0.25) is 0 Å². The summed E-state index contributed by atoms with van der Waals surface area (Å²) in [6.45, 7) is 5.08. The predicted molar refractivity (Wildman–Crippen MR) is 113 cm³/mol. The van der Waals surface area contributed by atoms with E-state index in [-0.39, 0.29) is 5.82 Å². The lowest BCUT2D eigenvalue weighted by Crippen LogP contribution is -2.44. The summed E-state index contributed by atoms with van der Waals surface area (Å²) in [5.41, 5.74) is 1.44. The molecule has 1 aromatic carbocycles. The number of thiophene rings is 1. The zero-order valence-electron chi connectivity index (χ0n) is 15.9. The molecule has 0 spiro atoms. The van der Waals surface area contributed by atoms with Crippen LogP contribution >= 0.6 is 23.1 Å². The molecule has 0 saturated carbocycles. The number of hydrogen-bond acceptors (Lipinski definition) is 6. The molecule has 28 heavy (non-hydrogen) atoms. The molecule has 2 aromatic heterocycles. The number of halogens is 1. The normalized spacial score (nSPS) is 18.1. The highest BCUT2D eigenvalue weighted by atomic mass is 32.2. The molecule has 7 heteroatoms. The molecular weight excluding hydrogens is 391 g/mol. The SMILES string of the molecule is CN1CCN(Cc2nc(Sc3ccc(F)cc3)c3c4c(sc3n2)CCC4)CC1. The van der Waals surface area contributed by atoms with E-state index >= 15 is 0 Å². The number of piperazine rings is 1. The third-order valence-electron chi connectivity index (χ3n) is 5.57. The van der Waals surface area contributed by atoms with Gasteiger partial charge in [0.05, 0.1) is 6.54 Å². The maximum atomic E-state index is 13.3. The molecule has 146 valence electrons. The first-order valence-electron chi connectivity index (χ1n) is 9.81. The van der Waals surface area contributed by atoms with Crippen molar-refractivity contribution in [2.75, 3.05) is 33.2 Å². The van der Waals surface area contributed by atoms with Gasteiger partial charge in [-0.2, -0.15) is 0 Å². The van der Waals surface area contributed by atoms with E-state index in [4.69, 9.17) is 9.97 Å². The Morgan fingerprint density at radius 1 is 1.07 bits per heavy atom. The topological polar surface area (TPSA) is 32.3 Å². The Bertz CT molecular complexity index is 994. The Morgan fingerprint density at radius 2 is 1.86 bits per heavy atom. The van der Waals surface area contributed by atoms with Crippen molar-refractivity contribution in [3.8, 4) is 0 Å². The lowest BCUT2D eigenvalue weighted by molar-refractivity contribution is 0.145. The van der Waals surface area contributed by atoms with E-state index < -0.39 is 0 Å². The Labute approximate surface area is 172 Å². The highest BCUT2D eigenvalue weighted by molar-refractivity contribution is 7.99. The number of likely N-dealkylation sites (N-methyl/N-ethyl adjacent to an activating group) is 1. The van der Waals surface area contributed by atoms with E-state index in [0.717, 1.165) is 66.1 Å². The van der Waals surface area contributed by atoms with Gasteiger partial charge >= 0.3 is 0 Å². The van der Waals surface area contributed by atoms with E-state index in [0.29, 0.717) is 0 Å². The van der Waals surface area contributed by atoms with Crippen LogP contribution in [-0.2, 0) is 19.4 Å². The monoisotopic (exact) mass is 414 g/mol. The molecule has 5 rings (SSSR count). The van der Waals surface area contributed by atoms with Crippen LogP contribution in [0.3, 0.4) is 0 Å². The molecule has 3 heterocycles. The molecule has 1 fully saturated rings. The van der Waals surface area contributed by atoms with Gasteiger partial charge in [-0.1, -0.05) is 11.8 Å². The van der Waals surface area contributed by atoms with E-state index in [1.54, 1.807) is 11.8 Å². The average Bonchev–Trinajstić information content (AvgIpc) is 3.26. The molecule has 0 unspecified atom stereocenters. The zero-order valence-corrected chi connectivity index (χ0v) is 17.6. The first kappa shape index (κ1) is 18.5. The molecule has 1 aliphatic heterocycles. The van der Waals surface area contributed by atoms with Crippen molar-refractivity contribution in [3.05, 3.63) is 46.3 Å². The minimum atomic E-state index is -0.204. The first-order valence-corrected chi connectivity index (χ1v) is 11.4. The average molecular weight is 415 g/mol. The fraction of sp³-hybridized carbons (Fsp3) is 0.429. The van der Waals surface area contributed by atoms with Gasteiger partial charge in [0.25, 0.3) is 0 Å². The molecule has 2 aliphatic rings. The second kappa shape index (κ2) is 7.71. The maximum Gasteiger partial charge on any atom is 0.145 e. The number of aryl methyl sites for hydroxylation is 2. The van der Waals surface area contributed by atoms with Crippen LogP contribution in [0.15, 0.2) is 34.2 Å². The number of benzene rings is 1. The summed E-state index contributed by atoms with van der Waals surface area (Å²) in [7, 11) is 2.17. The molecule has 0 radical (unpaired) electrons. The molecule has 1 aliphatic carbocycles. The number of aromatic nitrogens is 2. The summed E-state index contributed by atoms with van der Waals surface area (Å²) < 4.78 is 13.3. The molecule has 4 nitrogen and oxygen atoms in total. The van der Waals surface area contributed by atoms with Crippen molar-refractivity contribution < 1.29 is 4.39 Å². The standard InChI is InChI=1S/C21H23FN4S2/c1-25-9-11-26(12-10-25)13-18-23-20(27-15-7-5-14(22)6-8-15)19-16-3-2-4-17(16)28-21(19)24-18/h5-8H,2-4,9-13H2,1H3. The van der Waals surface area contributed by atoms with E-state index in [1.807, 2.05) is 23.5 Å². The minimum absolute atomic E-state index is 0.204. The molecule has 3 aromatic rings. The van der Waals surface area contributed by atoms with Crippen molar-refractivity contribution in [2.45, 2.75) is 35.7 Å². The third kappa shape index (κ3) is 3.68. The first-order chi connectivity index (χ1) is 13.7. The van der Waals surface area contributed by atoms with Gasteiger partial charge in [0.1, 0.15) is 21.5 Å². The van der Waals surface area contributed by atoms with Gasteiger partial charge in [0.2, 0.25) is 0 Å². The van der Waals surface area contributed by atoms with E-state index in [9.17, 15) is 4.39 Å². The molecule has 0 N–H and O–H groups in total. The second-order valence-electron chi connectivity index (χ2n) is 7.62. The summed E-state index contributed by atoms with van der Waals surface area (Å²) in [6, 6.07) is 6.70. The lowest BCUT2D eigenvalue weighted by atomic mass is 10.2. The summed E-state index contributed by atoms with van der Waals surface area (Å²) in [6.07, 6.45) is 3.50. The van der Waals surface area contributed by atoms with Crippen molar-refractivity contribution in [2.24, 2.45) is 0 Å². The summed E-state index contributed by atoms with van der Waals surface area (Å²) in [5.74, 6) is 0.700. The smallest absolute Gasteiger partial charge is 0.145 e. The van der Waals surface area contributed by atoms with E-state index in [2.05, 4.69) is 16.8 Å². The molecule has 0 bridgehead atoms. The van der Waals surface area contributed by atoms with Gasteiger partial charge < -0.3 is 4.90 Å². The van der Waals surface area contributed by atoms with Crippen LogP contribution in [0, 0.1) is 5.82 Å². The summed E-state index contributed by atoms with van der Waals surface area (Å²) >= 11 is 3.47. The summed E-state index contributed by atoms with van der Waals surface area (Å²) in [5, 5.41) is 2.26. The fourth-order valence-corrected chi connectivity index (χ4v) is 6.28. The quantitative estimate of drug-likeness (QED) is 0.597. The second-order valence-corrected chi connectivity index (χ2v) is 9.76. The van der Waals surface area contributed by atoms with Gasteiger partial charge in [0, 0.05) is 41.3 Å². The highest BCUT2D eigenvalue weighted by Crippen LogP contribution is 2.42. The molecule has 0 amide bonds. The number of hydrogen-bond donors (Lipinski definition) is 0. The van der Waals surface area contributed by atoms with Crippen LogP contribution < -0.4 is 0 Å². The predicted octanol–water partition coefficient (Wildman–Crippen LogP) is 4.22. The Balaban J connectivity index is 1.50. The maximum absolute atomic E-state index is 13.3. The number of fused-ring (bicyclic) bond motifs is 3. The van der Waals surface area contributed by atoms with Crippen LogP contribution in [0.1, 0.15) is 22.7 Å². The van der Waals surface area contributed by atoms with Crippen LogP contribution in [-0.4, -0.2) is 53.0 Å². The van der Waals surface area contributed by atoms with Gasteiger partial charge in [-0.15, -0.1) is 11.3 Å². The fourth-order valence-electron chi connectivity index (χ4n) is 3.97. The van der Waals surface area contributed by atoms with E-state index in [1.165, 1.54) is 34.4 Å². The van der Waals surface area contributed by atoms with Crippen molar-refractivity contribution in [3.63, 3.8) is 0 Å². The number of rotatable bonds is 4. The van der Waals surface area contributed by atoms with Crippen LogP contribution in [0.5, 0.6) is 0 Å². The van der Waals surface area contributed by atoms with Gasteiger partial charge in [-0.05, 0) is 56.1 Å². The Hall–Kier alpha value is -1.54. The largest absolute Gasteiger partial charge is 0.304 e. The lowest BCUT2D eigenvalue weighted by Gasteiger charge is -2.31. The molecular formula is C21H23FN4S2. The van der Waals surface area contributed by atoms with Crippen molar-refractivity contribution >= 4 is 33.3 Å². The highest BCUT2D eigenvalue weighted by Gasteiger charge is 2.24. The van der Waals surface area contributed by atoms with Crippen LogP contribution in [0.4, 0.5) is 4.39 Å². The number of nitrogens with zero attached hydrogens (tertiary/aromatic N) is 4. The zero-order chi connectivity index (χ0) is 19.1. The van der Waals surface area contributed by atoms with Gasteiger partial charge in [-0.25, -0.2) is 14.4 Å². The molecule has 0 atom stereocenters. The minimum Gasteiger partial charge on any atom is -0.304 e. The Kier molecular flexibility index (Phi) is 5.09. The van der Waals surface area contributed by atoms with Crippen LogP contribution in [0.25, 0.3) is 10.2 Å². The third-order valence-corrected chi connectivity index (χ3v) is 7.75. The summed E-state index contributed by atoms with van der Waals surface area (Å²) in [4.78, 5) is 18.3.